The van der Waals surface area contributed by atoms with Crippen LogP contribution in [0, 0.1) is 27.2 Å². The molecule has 0 atom stereocenters. The summed E-state index contributed by atoms with van der Waals surface area (Å²) in [4.78, 5) is 37.5. The van der Waals surface area contributed by atoms with Crippen LogP contribution in [0.5, 0.6) is 0 Å². The SMILES string of the molecule is Cc1c(C(=O)Nc2ccncc2)oc2c1/C(=N/Nc1ccc([N+](=O)[O-])cc1[N+](=O)[O-])CCC2. The molecule has 12 heteroatoms. The van der Waals surface area contributed by atoms with Gasteiger partial charge in [0.1, 0.15) is 11.4 Å². The first-order valence-electron chi connectivity index (χ1n) is 9.94. The molecule has 33 heavy (non-hydrogen) atoms. The van der Waals surface area contributed by atoms with Crippen LogP contribution in [0.3, 0.4) is 0 Å². The number of nitro benzene ring substituents is 2. The summed E-state index contributed by atoms with van der Waals surface area (Å²) in [6.07, 6.45) is 5.02. The first kappa shape index (κ1) is 21.6. The van der Waals surface area contributed by atoms with E-state index in [9.17, 15) is 25.0 Å². The molecule has 0 saturated heterocycles. The van der Waals surface area contributed by atoms with Crippen LogP contribution in [-0.4, -0.2) is 26.4 Å². The van der Waals surface area contributed by atoms with Crippen molar-refractivity contribution in [3.05, 3.63) is 85.6 Å². The summed E-state index contributed by atoms with van der Waals surface area (Å²) in [7, 11) is 0. The predicted molar refractivity (Wildman–Crippen MR) is 118 cm³/mol. The van der Waals surface area contributed by atoms with Gasteiger partial charge in [0.15, 0.2) is 5.76 Å². The summed E-state index contributed by atoms with van der Waals surface area (Å²) in [5.41, 5.74) is 4.24. The van der Waals surface area contributed by atoms with Crippen molar-refractivity contribution in [1.82, 2.24) is 4.98 Å². The second-order valence-electron chi connectivity index (χ2n) is 7.28. The van der Waals surface area contributed by atoms with Gasteiger partial charge in [0.05, 0.1) is 21.6 Å². The monoisotopic (exact) mass is 450 g/mol. The molecule has 1 amide bonds. The van der Waals surface area contributed by atoms with Gasteiger partial charge in [-0.1, -0.05) is 0 Å². The minimum absolute atomic E-state index is 0.0158. The number of hydrogen-bond acceptors (Lipinski definition) is 9. The Kier molecular flexibility index (Phi) is 5.81. The number of nitrogens with one attached hydrogen (secondary N) is 2. The Morgan fingerprint density at radius 3 is 2.58 bits per heavy atom. The van der Waals surface area contributed by atoms with Gasteiger partial charge in [-0.3, -0.25) is 35.4 Å². The number of aryl methyl sites for hydroxylation is 1. The van der Waals surface area contributed by atoms with E-state index in [0.29, 0.717) is 47.5 Å². The molecule has 0 radical (unpaired) electrons. The van der Waals surface area contributed by atoms with Crippen LogP contribution >= 0.6 is 0 Å². The number of anilines is 2. The predicted octanol–water partition coefficient (Wildman–Crippen LogP) is 4.20. The molecule has 1 aromatic carbocycles. The molecule has 0 bridgehead atoms. The standard InChI is InChI=1S/C21H18N6O6/c1-12-19-16(25-24-15-6-5-14(26(29)30)11-17(15)27(31)32)3-2-4-18(19)33-20(12)21(28)23-13-7-9-22-10-8-13/h5-11,24H,2-4H2,1H3,(H,22,23,28)/b25-16+. The number of hydrazone groups is 1. The number of aromatic nitrogens is 1. The summed E-state index contributed by atoms with van der Waals surface area (Å²) < 4.78 is 5.84. The molecular weight excluding hydrogens is 432 g/mol. The Morgan fingerprint density at radius 2 is 1.88 bits per heavy atom. The fourth-order valence-corrected chi connectivity index (χ4v) is 3.63. The number of non-ortho nitro benzene ring substituents is 1. The van der Waals surface area contributed by atoms with Crippen LogP contribution in [0.1, 0.15) is 40.3 Å². The van der Waals surface area contributed by atoms with Gasteiger partial charge < -0.3 is 9.73 Å². The van der Waals surface area contributed by atoms with Crippen molar-refractivity contribution in [1.29, 1.82) is 0 Å². The van der Waals surface area contributed by atoms with E-state index >= 15 is 0 Å². The molecule has 4 rings (SSSR count). The van der Waals surface area contributed by atoms with E-state index in [0.717, 1.165) is 12.1 Å². The lowest BCUT2D eigenvalue weighted by Crippen LogP contribution is -2.14. The molecule has 2 N–H and O–H groups in total. The number of hydrogen-bond donors (Lipinski definition) is 2. The first-order valence-corrected chi connectivity index (χ1v) is 9.94. The highest BCUT2D eigenvalue weighted by atomic mass is 16.6. The molecule has 0 aliphatic heterocycles. The van der Waals surface area contributed by atoms with Gasteiger partial charge in [-0.05, 0) is 38.0 Å². The minimum Gasteiger partial charge on any atom is -0.455 e. The largest absolute Gasteiger partial charge is 0.455 e. The summed E-state index contributed by atoms with van der Waals surface area (Å²) >= 11 is 0. The van der Waals surface area contributed by atoms with E-state index in [1.807, 2.05) is 0 Å². The third-order valence-corrected chi connectivity index (χ3v) is 5.17. The third kappa shape index (κ3) is 4.39. The number of fused-ring (bicyclic) bond motifs is 1. The van der Waals surface area contributed by atoms with Crippen LogP contribution in [0.4, 0.5) is 22.7 Å². The quantitative estimate of drug-likeness (QED) is 0.416. The number of carbonyl (C=O) groups excluding carboxylic acids is 1. The summed E-state index contributed by atoms with van der Waals surface area (Å²) in [6.45, 7) is 1.75. The molecule has 0 unspecified atom stereocenters. The zero-order chi connectivity index (χ0) is 23.5. The highest BCUT2D eigenvalue weighted by Gasteiger charge is 2.28. The second-order valence-corrected chi connectivity index (χ2v) is 7.28. The van der Waals surface area contributed by atoms with Crippen LogP contribution in [0.25, 0.3) is 0 Å². The van der Waals surface area contributed by atoms with Crippen molar-refractivity contribution in [2.75, 3.05) is 10.7 Å². The van der Waals surface area contributed by atoms with Gasteiger partial charge >= 0.3 is 5.69 Å². The lowest BCUT2D eigenvalue weighted by Gasteiger charge is -2.13. The number of nitro groups is 2. The Hall–Kier alpha value is -4.61. The molecule has 2 aromatic heterocycles. The molecule has 2 heterocycles. The number of nitrogens with zero attached hydrogens (tertiary/aromatic N) is 4. The zero-order valence-electron chi connectivity index (χ0n) is 17.4. The number of carbonyl (C=O) groups is 1. The summed E-state index contributed by atoms with van der Waals surface area (Å²) in [5, 5.41) is 29.4. The minimum atomic E-state index is -0.716. The third-order valence-electron chi connectivity index (χ3n) is 5.17. The number of pyridine rings is 1. The highest BCUT2D eigenvalue weighted by molar-refractivity contribution is 6.09. The fourth-order valence-electron chi connectivity index (χ4n) is 3.63. The van der Waals surface area contributed by atoms with Gasteiger partial charge in [-0.15, -0.1) is 0 Å². The Balaban J connectivity index is 1.63. The maximum absolute atomic E-state index is 12.7. The maximum atomic E-state index is 12.7. The molecule has 12 nitrogen and oxygen atoms in total. The maximum Gasteiger partial charge on any atom is 0.301 e. The average molecular weight is 450 g/mol. The van der Waals surface area contributed by atoms with Crippen LogP contribution in [-0.2, 0) is 6.42 Å². The van der Waals surface area contributed by atoms with Crippen LogP contribution in [0.2, 0.25) is 0 Å². The van der Waals surface area contributed by atoms with Crippen molar-refractivity contribution < 1.29 is 19.1 Å². The van der Waals surface area contributed by atoms with Crippen molar-refractivity contribution in [2.24, 2.45) is 5.10 Å². The number of amides is 1. The normalized spacial score (nSPS) is 13.9. The van der Waals surface area contributed by atoms with Crippen molar-refractivity contribution >= 4 is 34.4 Å². The topological polar surface area (TPSA) is 166 Å². The van der Waals surface area contributed by atoms with E-state index in [1.165, 1.54) is 6.07 Å². The molecule has 0 spiro atoms. The van der Waals surface area contributed by atoms with Crippen LogP contribution < -0.4 is 10.7 Å². The lowest BCUT2D eigenvalue weighted by molar-refractivity contribution is -0.393. The van der Waals surface area contributed by atoms with E-state index in [1.54, 1.807) is 31.5 Å². The van der Waals surface area contributed by atoms with Gasteiger partial charge in [-0.2, -0.15) is 5.10 Å². The van der Waals surface area contributed by atoms with Gasteiger partial charge in [0.2, 0.25) is 0 Å². The first-order chi connectivity index (χ1) is 15.8. The van der Waals surface area contributed by atoms with E-state index in [2.05, 4.69) is 20.8 Å². The smallest absolute Gasteiger partial charge is 0.301 e. The molecule has 0 fully saturated rings. The zero-order valence-corrected chi connectivity index (χ0v) is 17.4. The Labute approximate surface area is 186 Å². The molecular formula is C21H18N6O6. The van der Waals surface area contributed by atoms with E-state index in [4.69, 9.17) is 4.42 Å². The molecule has 3 aromatic rings. The molecule has 1 aliphatic carbocycles. The number of furan rings is 1. The number of benzene rings is 1. The van der Waals surface area contributed by atoms with Gasteiger partial charge in [-0.25, -0.2) is 0 Å². The summed E-state index contributed by atoms with van der Waals surface area (Å²) in [6, 6.07) is 6.58. The molecule has 0 saturated carbocycles. The average Bonchev–Trinajstić information content (AvgIpc) is 3.15. The number of rotatable bonds is 6. The summed E-state index contributed by atoms with van der Waals surface area (Å²) in [5.74, 6) is 0.358. The van der Waals surface area contributed by atoms with E-state index in [-0.39, 0.29) is 11.4 Å². The van der Waals surface area contributed by atoms with Crippen LogP contribution in [0.15, 0.2) is 52.2 Å². The van der Waals surface area contributed by atoms with Crippen molar-refractivity contribution in [3.8, 4) is 0 Å². The van der Waals surface area contributed by atoms with Gasteiger partial charge in [0, 0.05) is 41.7 Å². The van der Waals surface area contributed by atoms with Gasteiger partial charge in [0.25, 0.3) is 11.6 Å². The van der Waals surface area contributed by atoms with Crippen molar-refractivity contribution in [3.63, 3.8) is 0 Å². The Morgan fingerprint density at radius 1 is 1.12 bits per heavy atom. The second kappa shape index (κ2) is 8.86. The molecule has 1 aliphatic rings. The highest BCUT2D eigenvalue weighted by Crippen LogP contribution is 2.32. The van der Waals surface area contributed by atoms with Crippen molar-refractivity contribution in [2.45, 2.75) is 26.2 Å². The fraction of sp³-hybridized carbons (Fsp3) is 0.190. The Bertz CT molecular complexity index is 1280. The lowest BCUT2D eigenvalue weighted by atomic mass is 9.93. The van der Waals surface area contributed by atoms with E-state index < -0.39 is 27.1 Å². The molecule has 168 valence electrons.